The molecule has 0 saturated heterocycles. The average Bonchev–Trinajstić information content (AvgIpc) is 3.41. The molecular formula is C18H17N5O2. The van der Waals surface area contributed by atoms with Gasteiger partial charge in [-0.15, -0.1) is 17.4 Å². The van der Waals surface area contributed by atoms with Crippen molar-refractivity contribution in [2.24, 2.45) is 10.2 Å². The number of carbonyl (C=O) groups excluding carboxylic acids is 1. The van der Waals surface area contributed by atoms with Gasteiger partial charge >= 0.3 is 0 Å². The maximum Gasteiger partial charge on any atom is 0.238 e. The Morgan fingerprint density at radius 2 is 2.00 bits per heavy atom. The maximum absolute atomic E-state index is 12.1. The zero-order chi connectivity index (χ0) is 17.5. The molecular weight excluding hydrogens is 318 g/mol. The SMILES string of the molecule is C#CCCC1(CCC(=O)Nc2ccc(Oc3cccnn3)cc2)N=N1. The third-order valence-electron chi connectivity index (χ3n) is 3.71. The van der Waals surface area contributed by atoms with Gasteiger partial charge in [0.2, 0.25) is 11.8 Å². The number of anilines is 1. The van der Waals surface area contributed by atoms with E-state index >= 15 is 0 Å². The van der Waals surface area contributed by atoms with Crippen molar-refractivity contribution in [3.05, 3.63) is 42.6 Å². The lowest BCUT2D eigenvalue weighted by Gasteiger charge is -2.10. The van der Waals surface area contributed by atoms with Gasteiger partial charge in [-0.3, -0.25) is 4.79 Å². The molecule has 0 saturated carbocycles. The lowest BCUT2D eigenvalue weighted by Crippen LogP contribution is -2.17. The van der Waals surface area contributed by atoms with Crippen molar-refractivity contribution >= 4 is 11.6 Å². The van der Waals surface area contributed by atoms with Crippen LogP contribution in [0, 0.1) is 12.3 Å². The lowest BCUT2D eigenvalue weighted by molar-refractivity contribution is -0.116. The molecule has 0 atom stereocenters. The first-order chi connectivity index (χ1) is 12.2. The second kappa shape index (κ2) is 7.53. The highest BCUT2D eigenvalue weighted by molar-refractivity contribution is 5.90. The number of nitrogens with zero attached hydrogens (tertiary/aromatic N) is 4. The van der Waals surface area contributed by atoms with E-state index in [1.807, 2.05) is 0 Å². The summed E-state index contributed by atoms with van der Waals surface area (Å²) in [5, 5.41) is 18.5. The molecule has 7 nitrogen and oxygen atoms in total. The molecule has 1 aromatic heterocycles. The van der Waals surface area contributed by atoms with Gasteiger partial charge in [-0.05, 0) is 30.3 Å². The second-order valence-corrected chi connectivity index (χ2v) is 5.62. The highest BCUT2D eigenvalue weighted by Crippen LogP contribution is 2.37. The van der Waals surface area contributed by atoms with E-state index in [0.29, 0.717) is 43.0 Å². The van der Waals surface area contributed by atoms with Gasteiger partial charge in [0.25, 0.3) is 0 Å². The Morgan fingerprint density at radius 1 is 1.20 bits per heavy atom. The van der Waals surface area contributed by atoms with Crippen molar-refractivity contribution < 1.29 is 9.53 Å². The van der Waals surface area contributed by atoms with Crippen LogP contribution in [0.4, 0.5) is 5.69 Å². The van der Waals surface area contributed by atoms with Gasteiger partial charge < -0.3 is 10.1 Å². The molecule has 2 heterocycles. The number of ether oxygens (including phenoxy) is 1. The van der Waals surface area contributed by atoms with Crippen LogP contribution in [0.1, 0.15) is 25.7 Å². The number of hydrogen-bond acceptors (Lipinski definition) is 6. The van der Waals surface area contributed by atoms with E-state index in [4.69, 9.17) is 11.2 Å². The smallest absolute Gasteiger partial charge is 0.238 e. The van der Waals surface area contributed by atoms with Gasteiger partial charge in [0.1, 0.15) is 5.75 Å². The first-order valence-electron chi connectivity index (χ1n) is 7.92. The van der Waals surface area contributed by atoms with E-state index < -0.39 is 5.66 Å². The number of nitrogens with one attached hydrogen (secondary N) is 1. The molecule has 0 bridgehead atoms. The zero-order valence-electron chi connectivity index (χ0n) is 13.6. The topological polar surface area (TPSA) is 88.8 Å². The van der Waals surface area contributed by atoms with Crippen LogP contribution in [0.2, 0.25) is 0 Å². The summed E-state index contributed by atoms with van der Waals surface area (Å²) in [4.78, 5) is 12.1. The zero-order valence-corrected chi connectivity index (χ0v) is 13.6. The van der Waals surface area contributed by atoms with Crippen molar-refractivity contribution in [2.45, 2.75) is 31.3 Å². The molecule has 1 aliphatic rings. The Hall–Kier alpha value is -3.27. The van der Waals surface area contributed by atoms with Crippen LogP contribution in [-0.2, 0) is 4.79 Å². The van der Waals surface area contributed by atoms with Crippen molar-refractivity contribution in [3.63, 3.8) is 0 Å². The molecule has 7 heteroatoms. The summed E-state index contributed by atoms with van der Waals surface area (Å²) in [5.41, 5.74) is 0.261. The van der Waals surface area contributed by atoms with Crippen molar-refractivity contribution in [2.75, 3.05) is 5.32 Å². The summed E-state index contributed by atoms with van der Waals surface area (Å²) in [6.45, 7) is 0. The molecule has 0 unspecified atom stereocenters. The number of amides is 1. The fourth-order valence-corrected chi connectivity index (χ4v) is 2.27. The van der Waals surface area contributed by atoms with Gasteiger partial charge in [-0.25, -0.2) is 0 Å². The predicted molar refractivity (Wildman–Crippen MR) is 92.1 cm³/mol. The monoisotopic (exact) mass is 335 g/mol. The molecule has 25 heavy (non-hydrogen) atoms. The highest BCUT2D eigenvalue weighted by atomic mass is 16.5. The average molecular weight is 335 g/mol. The number of rotatable bonds is 8. The third kappa shape index (κ3) is 4.85. The fourth-order valence-electron chi connectivity index (χ4n) is 2.27. The van der Waals surface area contributed by atoms with Gasteiger partial charge in [0.05, 0.1) is 0 Å². The maximum atomic E-state index is 12.1. The largest absolute Gasteiger partial charge is 0.438 e. The lowest BCUT2D eigenvalue weighted by atomic mass is 10.0. The number of benzene rings is 1. The van der Waals surface area contributed by atoms with Crippen molar-refractivity contribution in [1.82, 2.24) is 10.2 Å². The standard InChI is InChI=1S/C18H17N5O2/c1-2-3-11-18(22-23-18)12-10-16(24)20-14-6-8-15(9-7-14)25-17-5-4-13-19-21-17/h1,4-9,13H,3,10-12H2,(H,20,24). The van der Waals surface area contributed by atoms with Crippen LogP contribution in [0.25, 0.3) is 0 Å². The molecule has 1 N–H and O–H groups in total. The van der Waals surface area contributed by atoms with Gasteiger partial charge in [-0.2, -0.15) is 15.3 Å². The van der Waals surface area contributed by atoms with Crippen LogP contribution >= 0.6 is 0 Å². The number of terminal acetylenes is 1. The molecule has 3 rings (SSSR count). The van der Waals surface area contributed by atoms with E-state index in [1.54, 1.807) is 42.6 Å². The minimum absolute atomic E-state index is 0.0834. The molecule has 126 valence electrons. The number of carbonyl (C=O) groups is 1. The van der Waals surface area contributed by atoms with Crippen LogP contribution in [0.15, 0.2) is 52.8 Å². The van der Waals surface area contributed by atoms with Crippen molar-refractivity contribution in [1.29, 1.82) is 0 Å². The summed E-state index contributed by atoms with van der Waals surface area (Å²) in [5.74, 6) is 3.51. The molecule has 0 radical (unpaired) electrons. The minimum atomic E-state index is -0.432. The predicted octanol–water partition coefficient (Wildman–Crippen LogP) is 3.56. The van der Waals surface area contributed by atoms with Crippen LogP contribution in [-0.4, -0.2) is 21.8 Å². The van der Waals surface area contributed by atoms with E-state index in [9.17, 15) is 4.79 Å². The second-order valence-electron chi connectivity index (χ2n) is 5.62. The first kappa shape index (κ1) is 16.6. The van der Waals surface area contributed by atoms with Crippen LogP contribution < -0.4 is 10.1 Å². The van der Waals surface area contributed by atoms with E-state index in [0.717, 1.165) is 0 Å². The third-order valence-corrected chi connectivity index (χ3v) is 3.71. The summed E-state index contributed by atoms with van der Waals surface area (Å²) in [7, 11) is 0. The first-order valence-corrected chi connectivity index (χ1v) is 7.92. The highest BCUT2D eigenvalue weighted by Gasteiger charge is 2.39. The summed E-state index contributed by atoms with van der Waals surface area (Å²) >= 11 is 0. The fraction of sp³-hybridized carbons (Fsp3) is 0.278. The van der Waals surface area contributed by atoms with Crippen LogP contribution in [0.5, 0.6) is 11.6 Å². The minimum Gasteiger partial charge on any atom is -0.438 e. The molecule has 1 aromatic carbocycles. The van der Waals surface area contributed by atoms with Crippen molar-refractivity contribution in [3.8, 4) is 24.0 Å². The summed E-state index contributed by atoms with van der Waals surface area (Å²) in [6.07, 6.45) is 9.06. The van der Waals surface area contributed by atoms with Gasteiger partial charge in [-0.1, -0.05) is 0 Å². The quantitative estimate of drug-likeness (QED) is 0.747. The molecule has 0 spiro atoms. The summed E-state index contributed by atoms with van der Waals surface area (Å²) in [6, 6.07) is 10.5. The number of hydrogen-bond donors (Lipinski definition) is 1. The Morgan fingerprint density at radius 3 is 2.64 bits per heavy atom. The molecule has 1 amide bonds. The molecule has 0 aliphatic carbocycles. The molecule has 2 aromatic rings. The van der Waals surface area contributed by atoms with Gasteiger partial charge in [0.15, 0.2) is 5.66 Å². The van der Waals surface area contributed by atoms with Crippen LogP contribution in [0.3, 0.4) is 0 Å². The number of aromatic nitrogens is 2. The van der Waals surface area contributed by atoms with E-state index in [2.05, 4.69) is 31.7 Å². The van der Waals surface area contributed by atoms with Gasteiger partial charge in [0, 0.05) is 43.6 Å². The Bertz CT molecular complexity index is 790. The van der Waals surface area contributed by atoms with E-state index in [-0.39, 0.29) is 5.91 Å². The van der Waals surface area contributed by atoms with E-state index in [1.165, 1.54) is 0 Å². The normalized spacial score (nSPS) is 13.7. The Labute approximate surface area is 145 Å². The molecule has 0 fully saturated rings. The Kier molecular flexibility index (Phi) is 5.00. The summed E-state index contributed by atoms with van der Waals surface area (Å²) < 4.78 is 5.55. The Balaban J connectivity index is 1.46. The molecule has 1 aliphatic heterocycles.